The number of carbonyl (C=O) groups is 1. The highest BCUT2D eigenvalue weighted by atomic mass is 35.5. The molecule has 0 aliphatic rings. The first-order valence-electron chi connectivity index (χ1n) is 8.18. The summed E-state index contributed by atoms with van der Waals surface area (Å²) in [6, 6.07) is 14.3. The average Bonchev–Trinajstić information content (AvgIpc) is 3.17. The first kappa shape index (κ1) is 20.4. The van der Waals surface area contributed by atoms with E-state index in [2.05, 4.69) is 10.5 Å². The summed E-state index contributed by atoms with van der Waals surface area (Å²) in [7, 11) is 0. The van der Waals surface area contributed by atoms with Gasteiger partial charge >= 0.3 is 5.69 Å². The maximum absolute atomic E-state index is 11.8. The highest BCUT2D eigenvalue weighted by molar-refractivity contribution is 6.43. The van der Waals surface area contributed by atoms with Gasteiger partial charge in [-0.2, -0.15) is 5.10 Å². The lowest BCUT2D eigenvalue weighted by atomic mass is 10.2. The molecule has 1 amide bonds. The van der Waals surface area contributed by atoms with Crippen LogP contribution in [-0.4, -0.2) is 23.7 Å². The van der Waals surface area contributed by atoms with Crippen LogP contribution in [0.2, 0.25) is 10.0 Å². The van der Waals surface area contributed by atoms with Crippen molar-refractivity contribution in [2.45, 2.75) is 0 Å². The number of carbonyl (C=O) groups excluding carboxylic acids is 1. The third-order valence-corrected chi connectivity index (χ3v) is 4.46. The predicted octanol–water partition coefficient (Wildman–Crippen LogP) is 4.69. The molecular weight excluding hydrogens is 421 g/mol. The fourth-order valence-electron chi connectivity index (χ4n) is 2.33. The Morgan fingerprint density at radius 2 is 1.97 bits per heavy atom. The molecule has 0 saturated heterocycles. The van der Waals surface area contributed by atoms with Crippen LogP contribution >= 0.6 is 23.2 Å². The number of amides is 1. The van der Waals surface area contributed by atoms with Crippen molar-refractivity contribution >= 4 is 41.0 Å². The normalized spacial score (nSPS) is 10.8. The number of hydrazone groups is 1. The molecule has 0 unspecified atom stereocenters. The van der Waals surface area contributed by atoms with Crippen molar-refractivity contribution in [2.24, 2.45) is 5.10 Å². The molecule has 0 aliphatic heterocycles. The van der Waals surface area contributed by atoms with Crippen LogP contribution in [0.15, 0.2) is 64.1 Å². The lowest BCUT2D eigenvalue weighted by molar-refractivity contribution is -0.385. The second-order valence-corrected chi connectivity index (χ2v) is 6.40. The molecule has 1 aromatic heterocycles. The van der Waals surface area contributed by atoms with E-state index in [0.29, 0.717) is 27.1 Å². The zero-order valence-corrected chi connectivity index (χ0v) is 16.2. The number of nitrogens with one attached hydrogen (secondary N) is 1. The van der Waals surface area contributed by atoms with E-state index in [0.717, 1.165) is 0 Å². The first-order chi connectivity index (χ1) is 14.0. The maximum Gasteiger partial charge on any atom is 0.310 e. The molecule has 0 bridgehead atoms. The SMILES string of the molecule is O=C(COc1ccccc1[N+](=O)[O-])N/N=C\c1ccc(-c2cccc(Cl)c2Cl)o1. The molecule has 0 fully saturated rings. The number of nitro groups is 1. The largest absolute Gasteiger partial charge is 0.477 e. The van der Waals surface area contributed by atoms with Gasteiger partial charge in [0.1, 0.15) is 11.5 Å². The van der Waals surface area contributed by atoms with Crippen molar-refractivity contribution in [3.8, 4) is 17.1 Å². The summed E-state index contributed by atoms with van der Waals surface area (Å²) < 4.78 is 10.8. The molecule has 10 heteroatoms. The molecule has 2 aromatic carbocycles. The summed E-state index contributed by atoms with van der Waals surface area (Å²) in [5, 5.41) is 15.5. The van der Waals surface area contributed by atoms with Crippen molar-refractivity contribution in [3.05, 3.63) is 80.5 Å². The van der Waals surface area contributed by atoms with Crippen molar-refractivity contribution in [3.63, 3.8) is 0 Å². The van der Waals surface area contributed by atoms with Gasteiger partial charge in [-0.1, -0.05) is 41.4 Å². The molecular formula is C19H13Cl2N3O5. The number of para-hydroxylation sites is 2. The monoisotopic (exact) mass is 433 g/mol. The molecule has 3 rings (SSSR count). The van der Waals surface area contributed by atoms with Crippen LogP contribution in [0.3, 0.4) is 0 Å². The van der Waals surface area contributed by atoms with Gasteiger partial charge in [-0.3, -0.25) is 14.9 Å². The Bertz CT molecular complexity index is 1080. The van der Waals surface area contributed by atoms with Gasteiger partial charge in [0.25, 0.3) is 5.91 Å². The van der Waals surface area contributed by atoms with E-state index in [4.69, 9.17) is 32.4 Å². The molecule has 1 heterocycles. The van der Waals surface area contributed by atoms with Crippen LogP contribution < -0.4 is 10.2 Å². The van der Waals surface area contributed by atoms with E-state index >= 15 is 0 Å². The predicted molar refractivity (Wildman–Crippen MR) is 108 cm³/mol. The van der Waals surface area contributed by atoms with Crippen LogP contribution in [0.1, 0.15) is 5.76 Å². The Morgan fingerprint density at radius 1 is 1.17 bits per heavy atom. The molecule has 3 aromatic rings. The maximum atomic E-state index is 11.8. The van der Waals surface area contributed by atoms with E-state index in [1.807, 2.05) is 0 Å². The molecule has 0 radical (unpaired) electrons. The van der Waals surface area contributed by atoms with Gasteiger partial charge in [0, 0.05) is 11.6 Å². The summed E-state index contributed by atoms with van der Waals surface area (Å²) in [6.07, 6.45) is 1.30. The fourth-order valence-corrected chi connectivity index (χ4v) is 2.73. The lowest BCUT2D eigenvalue weighted by Gasteiger charge is -2.05. The number of rotatable bonds is 7. The Labute approximate surface area is 174 Å². The minimum absolute atomic E-state index is 0.00861. The number of nitro benzene ring substituents is 1. The van der Waals surface area contributed by atoms with Gasteiger partial charge in [0.15, 0.2) is 12.4 Å². The van der Waals surface area contributed by atoms with Crippen LogP contribution in [0, 0.1) is 10.1 Å². The van der Waals surface area contributed by atoms with Crippen molar-refractivity contribution in [2.75, 3.05) is 6.61 Å². The molecule has 0 spiro atoms. The Balaban J connectivity index is 1.57. The van der Waals surface area contributed by atoms with Gasteiger partial charge in [0.05, 0.1) is 21.2 Å². The summed E-state index contributed by atoms with van der Waals surface area (Å²) in [5.41, 5.74) is 2.64. The zero-order chi connectivity index (χ0) is 20.8. The average molecular weight is 434 g/mol. The minimum Gasteiger partial charge on any atom is -0.477 e. The van der Waals surface area contributed by atoms with Crippen molar-refractivity contribution in [1.29, 1.82) is 0 Å². The molecule has 0 saturated carbocycles. The number of ether oxygens (including phenoxy) is 1. The number of benzene rings is 2. The molecule has 8 nitrogen and oxygen atoms in total. The topological polar surface area (TPSA) is 107 Å². The molecule has 1 N–H and O–H groups in total. The third kappa shape index (κ3) is 5.13. The van der Waals surface area contributed by atoms with Gasteiger partial charge in [-0.25, -0.2) is 5.43 Å². The minimum atomic E-state index is -0.593. The second kappa shape index (κ2) is 9.22. The Kier molecular flexibility index (Phi) is 6.48. The van der Waals surface area contributed by atoms with E-state index in [-0.39, 0.29) is 11.4 Å². The lowest BCUT2D eigenvalue weighted by Crippen LogP contribution is -2.24. The van der Waals surface area contributed by atoms with E-state index in [9.17, 15) is 14.9 Å². The van der Waals surface area contributed by atoms with Gasteiger partial charge in [-0.15, -0.1) is 0 Å². The second-order valence-electron chi connectivity index (χ2n) is 5.61. The van der Waals surface area contributed by atoms with Gasteiger partial charge in [0.2, 0.25) is 0 Å². The molecule has 148 valence electrons. The van der Waals surface area contributed by atoms with Crippen LogP contribution in [0.5, 0.6) is 5.75 Å². The standard InChI is InChI=1S/C19H13Cl2N3O5/c20-14-5-3-4-13(19(14)21)16-9-8-12(29-16)10-22-23-18(25)11-28-17-7-2-1-6-15(17)24(26)27/h1-10H,11H2,(H,23,25)/b22-10-. The van der Waals surface area contributed by atoms with Crippen molar-refractivity contribution in [1.82, 2.24) is 5.43 Å². The van der Waals surface area contributed by atoms with Crippen LogP contribution in [0.4, 0.5) is 5.69 Å². The number of furan rings is 1. The number of hydrogen-bond donors (Lipinski definition) is 1. The van der Waals surface area contributed by atoms with Gasteiger partial charge in [-0.05, 0) is 30.3 Å². The quantitative estimate of drug-likeness (QED) is 0.330. The van der Waals surface area contributed by atoms with E-state index in [1.54, 1.807) is 36.4 Å². The first-order valence-corrected chi connectivity index (χ1v) is 8.93. The third-order valence-electron chi connectivity index (χ3n) is 3.65. The van der Waals surface area contributed by atoms with Crippen molar-refractivity contribution < 1.29 is 18.9 Å². The number of nitrogens with zero attached hydrogens (tertiary/aromatic N) is 2. The highest BCUT2D eigenvalue weighted by Crippen LogP contribution is 2.34. The molecule has 0 aliphatic carbocycles. The summed E-state index contributed by atoms with van der Waals surface area (Å²) in [5.74, 6) is 0.260. The summed E-state index contributed by atoms with van der Waals surface area (Å²) in [6.45, 7) is -0.441. The summed E-state index contributed by atoms with van der Waals surface area (Å²) >= 11 is 12.2. The molecule has 29 heavy (non-hydrogen) atoms. The Morgan fingerprint density at radius 3 is 2.76 bits per heavy atom. The van der Waals surface area contributed by atoms with E-state index < -0.39 is 17.4 Å². The van der Waals surface area contributed by atoms with E-state index in [1.165, 1.54) is 24.4 Å². The number of hydrogen-bond acceptors (Lipinski definition) is 6. The van der Waals surface area contributed by atoms with Gasteiger partial charge < -0.3 is 9.15 Å². The molecule has 0 atom stereocenters. The fraction of sp³-hybridized carbons (Fsp3) is 0.0526. The zero-order valence-electron chi connectivity index (χ0n) is 14.7. The van der Waals surface area contributed by atoms with Crippen LogP contribution in [-0.2, 0) is 4.79 Å². The smallest absolute Gasteiger partial charge is 0.310 e. The summed E-state index contributed by atoms with van der Waals surface area (Å²) in [4.78, 5) is 22.1. The van der Waals surface area contributed by atoms with Crippen LogP contribution in [0.25, 0.3) is 11.3 Å². The highest BCUT2D eigenvalue weighted by Gasteiger charge is 2.15. The Hall–Kier alpha value is -3.36. The number of halogens is 2.